The molecular weight excluding hydrogens is 234 g/mol. The third-order valence-electron chi connectivity index (χ3n) is 3.22. The fourth-order valence-electron chi connectivity index (χ4n) is 2.29. The quantitative estimate of drug-likeness (QED) is 0.889. The molecule has 0 amide bonds. The molecule has 0 radical (unpaired) electrons. The Morgan fingerprint density at radius 3 is 3.06 bits per heavy atom. The number of benzene rings is 1. The summed E-state index contributed by atoms with van der Waals surface area (Å²) >= 11 is 5.77. The Labute approximate surface area is 108 Å². The molecule has 1 unspecified atom stereocenters. The number of nitrogens with one attached hydrogen (secondary N) is 1. The molecule has 0 fully saturated rings. The van der Waals surface area contributed by atoms with Crippen molar-refractivity contribution < 1.29 is 4.74 Å². The lowest BCUT2D eigenvalue weighted by Crippen LogP contribution is -2.35. The minimum atomic E-state index is 0.491. The number of ether oxygens (including phenoxy) is 1. The first-order valence-corrected chi connectivity index (χ1v) is 6.29. The number of fused-ring (bicyclic) bond motifs is 1. The summed E-state index contributed by atoms with van der Waals surface area (Å²) in [6, 6.07) is 6.83. The molecule has 2 rings (SSSR count). The number of hydrogen-bond acceptors (Lipinski definition) is 2. The number of hydrogen-bond donors (Lipinski definition) is 1. The first-order valence-electron chi connectivity index (χ1n) is 5.91. The summed E-state index contributed by atoms with van der Waals surface area (Å²) in [6.45, 7) is 4.38. The van der Waals surface area contributed by atoms with Gasteiger partial charge in [-0.2, -0.15) is 0 Å². The Morgan fingerprint density at radius 1 is 1.53 bits per heavy atom. The van der Waals surface area contributed by atoms with Crippen molar-refractivity contribution in [2.24, 2.45) is 0 Å². The summed E-state index contributed by atoms with van der Waals surface area (Å²) in [5.74, 6) is 0.936. The molecule has 0 spiro atoms. The summed E-state index contributed by atoms with van der Waals surface area (Å²) in [7, 11) is 1.71. The van der Waals surface area contributed by atoms with Gasteiger partial charge in [0.2, 0.25) is 0 Å². The molecule has 0 saturated carbocycles. The second-order valence-corrected chi connectivity index (χ2v) is 5.01. The molecule has 2 nitrogen and oxygen atoms in total. The van der Waals surface area contributed by atoms with Crippen LogP contribution in [-0.4, -0.2) is 19.7 Å². The lowest BCUT2D eigenvalue weighted by atomic mass is 9.88. The van der Waals surface area contributed by atoms with Crippen LogP contribution in [-0.2, 0) is 12.8 Å². The third kappa shape index (κ3) is 3.24. The van der Waals surface area contributed by atoms with E-state index in [4.69, 9.17) is 16.3 Å². The van der Waals surface area contributed by atoms with E-state index in [1.807, 2.05) is 6.07 Å². The summed E-state index contributed by atoms with van der Waals surface area (Å²) in [4.78, 5) is 0. The maximum Gasteiger partial charge on any atom is 0.119 e. The van der Waals surface area contributed by atoms with Crippen LogP contribution in [0.4, 0.5) is 0 Å². The Kier molecular flexibility index (Phi) is 4.08. The predicted octanol–water partition coefficient (Wildman–Crippen LogP) is 2.89. The van der Waals surface area contributed by atoms with Gasteiger partial charge in [0.1, 0.15) is 5.75 Å². The average Bonchev–Trinajstić information content (AvgIpc) is 2.35. The number of methoxy groups -OCH3 is 1. The van der Waals surface area contributed by atoms with Gasteiger partial charge in [-0.3, -0.25) is 0 Å². The second kappa shape index (κ2) is 5.56. The highest BCUT2D eigenvalue weighted by Gasteiger charge is 2.18. The molecule has 1 N–H and O–H groups in total. The molecular formula is C14H18ClNO. The molecule has 92 valence electrons. The summed E-state index contributed by atoms with van der Waals surface area (Å²) in [6.07, 6.45) is 3.31. The molecule has 0 heterocycles. The van der Waals surface area contributed by atoms with E-state index in [0.29, 0.717) is 17.6 Å². The van der Waals surface area contributed by atoms with Gasteiger partial charge < -0.3 is 10.1 Å². The first-order chi connectivity index (χ1) is 8.19. The largest absolute Gasteiger partial charge is 0.497 e. The van der Waals surface area contributed by atoms with Crippen LogP contribution in [0.2, 0.25) is 0 Å². The molecule has 0 bridgehead atoms. The van der Waals surface area contributed by atoms with Gasteiger partial charge in [-0.25, -0.2) is 0 Å². The lowest BCUT2D eigenvalue weighted by Gasteiger charge is -2.25. The van der Waals surface area contributed by atoms with E-state index in [0.717, 1.165) is 25.0 Å². The molecule has 1 aliphatic carbocycles. The molecule has 0 aromatic heterocycles. The first kappa shape index (κ1) is 12.5. The van der Waals surface area contributed by atoms with E-state index < -0.39 is 0 Å². The van der Waals surface area contributed by atoms with Crippen molar-refractivity contribution in [3.63, 3.8) is 0 Å². The zero-order valence-electron chi connectivity index (χ0n) is 10.1. The van der Waals surface area contributed by atoms with Crippen molar-refractivity contribution in [1.29, 1.82) is 0 Å². The monoisotopic (exact) mass is 251 g/mol. The van der Waals surface area contributed by atoms with E-state index in [9.17, 15) is 0 Å². The van der Waals surface area contributed by atoms with Gasteiger partial charge in [-0.1, -0.05) is 24.2 Å². The topological polar surface area (TPSA) is 21.3 Å². The highest BCUT2D eigenvalue weighted by atomic mass is 35.5. The normalized spacial score (nSPS) is 18.6. The number of halogens is 1. The summed E-state index contributed by atoms with van der Waals surface area (Å²) in [5, 5.41) is 4.10. The minimum absolute atomic E-state index is 0.491. The van der Waals surface area contributed by atoms with Gasteiger partial charge >= 0.3 is 0 Å². The van der Waals surface area contributed by atoms with Crippen LogP contribution in [0, 0.1) is 0 Å². The smallest absolute Gasteiger partial charge is 0.119 e. The van der Waals surface area contributed by atoms with Gasteiger partial charge in [0.15, 0.2) is 0 Å². The maximum absolute atomic E-state index is 5.77. The Hall–Kier alpha value is -0.990. The SMILES string of the molecule is C=C(Cl)CNC1CCc2ccc(OC)cc2C1. The van der Waals surface area contributed by atoms with E-state index in [2.05, 4.69) is 24.0 Å². The van der Waals surface area contributed by atoms with Crippen LogP contribution in [0.15, 0.2) is 29.8 Å². The summed E-state index contributed by atoms with van der Waals surface area (Å²) in [5.41, 5.74) is 2.82. The van der Waals surface area contributed by atoms with Crippen LogP contribution in [0.5, 0.6) is 5.75 Å². The fourth-order valence-corrected chi connectivity index (χ4v) is 2.37. The minimum Gasteiger partial charge on any atom is -0.497 e. The van der Waals surface area contributed by atoms with Gasteiger partial charge in [-0.05, 0) is 42.5 Å². The number of aryl methyl sites for hydroxylation is 1. The molecule has 17 heavy (non-hydrogen) atoms. The van der Waals surface area contributed by atoms with E-state index in [-0.39, 0.29) is 0 Å². The maximum atomic E-state index is 5.77. The van der Waals surface area contributed by atoms with Crippen LogP contribution < -0.4 is 10.1 Å². The van der Waals surface area contributed by atoms with Crippen molar-refractivity contribution in [1.82, 2.24) is 5.32 Å². The van der Waals surface area contributed by atoms with Gasteiger partial charge in [0, 0.05) is 17.6 Å². The van der Waals surface area contributed by atoms with Gasteiger partial charge in [0.25, 0.3) is 0 Å². The van der Waals surface area contributed by atoms with E-state index in [1.165, 1.54) is 11.1 Å². The number of rotatable bonds is 4. The summed E-state index contributed by atoms with van der Waals surface area (Å²) < 4.78 is 5.26. The molecule has 3 heteroatoms. The predicted molar refractivity (Wildman–Crippen MR) is 71.8 cm³/mol. The Bertz CT molecular complexity index is 417. The molecule has 1 aromatic carbocycles. The highest BCUT2D eigenvalue weighted by Crippen LogP contribution is 2.25. The van der Waals surface area contributed by atoms with Crippen molar-refractivity contribution >= 4 is 11.6 Å². The van der Waals surface area contributed by atoms with Crippen molar-refractivity contribution in [3.05, 3.63) is 40.9 Å². The van der Waals surface area contributed by atoms with Crippen LogP contribution in [0.25, 0.3) is 0 Å². The molecule has 1 aliphatic rings. The zero-order valence-corrected chi connectivity index (χ0v) is 10.9. The van der Waals surface area contributed by atoms with Crippen molar-refractivity contribution in [3.8, 4) is 5.75 Å². The van der Waals surface area contributed by atoms with E-state index in [1.54, 1.807) is 7.11 Å². The lowest BCUT2D eigenvalue weighted by molar-refractivity contribution is 0.411. The van der Waals surface area contributed by atoms with Crippen molar-refractivity contribution in [2.75, 3.05) is 13.7 Å². The molecule has 0 saturated heterocycles. The van der Waals surface area contributed by atoms with Crippen molar-refractivity contribution in [2.45, 2.75) is 25.3 Å². The molecule has 1 aromatic rings. The van der Waals surface area contributed by atoms with Crippen LogP contribution in [0.1, 0.15) is 17.5 Å². The molecule has 1 atom stereocenters. The Morgan fingerprint density at radius 2 is 2.35 bits per heavy atom. The van der Waals surface area contributed by atoms with Gasteiger partial charge in [0.05, 0.1) is 7.11 Å². The zero-order chi connectivity index (χ0) is 12.3. The highest BCUT2D eigenvalue weighted by molar-refractivity contribution is 6.29. The second-order valence-electron chi connectivity index (χ2n) is 4.47. The molecule has 0 aliphatic heterocycles. The van der Waals surface area contributed by atoms with E-state index >= 15 is 0 Å². The van der Waals surface area contributed by atoms with Gasteiger partial charge in [-0.15, -0.1) is 0 Å². The Balaban J connectivity index is 2.03. The van der Waals surface area contributed by atoms with Crippen LogP contribution in [0.3, 0.4) is 0 Å². The standard InChI is InChI=1S/C14H18ClNO/c1-10(15)9-16-13-5-3-11-4-6-14(17-2)8-12(11)7-13/h4,6,8,13,16H,1,3,5,7,9H2,2H3. The average molecular weight is 252 g/mol. The fraction of sp³-hybridized carbons (Fsp3) is 0.429. The van der Waals surface area contributed by atoms with Crippen LogP contribution >= 0.6 is 11.6 Å². The third-order valence-corrected chi connectivity index (χ3v) is 3.36.